The van der Waals surface area contributed by atoms with Gasteiger partial charge in [0.2, 0.25) is 5.83 Å². The second-order valence-electron chi connectivity index (χ2n) is 4.40. The van der Waals surface area contributed by atoms with E-state index in [-0.39, 0.29) is 6.61 Å². The average Bonchev–Trinajstić information content (AvgIpc) is 2.68. The summed E-state index contributed by atoms with van der Waals surface area (Å²) in [5, 5.41) is 8.85. The zero-order valence-electron chi connectivity index (χ0n) is 9.49. The van der Waals surface area contributed by atoms with Gasteiger partial charge in [0.05, 0.1) is 12.5 Å². The van der Waals surface area contributed by atoms with Crippen LogP contribution in [0, 0.1) is 17.3 Å². The minimum atomic E-state index is -1.03. The van der Waals surface area contributed by atoms with E-state index < -0.39 is 35.0 Å². The van der Waals surface area contributed by atoms with Gasteiger partial charge in [0, 0.05) is 0 Å². The Kier molecular flexibility index (Phi) is 3.35. The van der Waals surface area contributed by atoms with Crippen molar-refractivity contribution in [3.63, 3.8) is 0 Å². The molecule has 0 aliphatic heterocycles. The van der Waals surface area contributed by atoms with Crippen molar-refractivity contribution in [2.24, 2.45) is 17.3 Å². The van der Waals surface area contributed by atoms with Gasteiger partial charge in [-0.15, -0.1) is 0 Å². The fourth-order valence-corrected chi connectivity index (χ4v) is 1.89. The lowest BCUT2D eigenvalue weighted by Gasteiger charge is -1.99. The Morgan fingerprint density at radius 1 is 1.50 bits per heavy atom. The molecule has 1 saturated carbocycles. The second-order valence-corrected chi connectivity index (χ2v) is 4.40. The van der Waals surface area contributed by atoms with Crippen LogP contribution in [0.1, 0.15) is 20.8 Å². The third-order valence-corrected chi connectivity index (χ3v) is 2.97. The third kappa shape index (κ3) is 2.23. The number of ether oxygens (including phenoxy) is 1. The Morgan fingerprint density at radius 3 is 2.44 bits per heavy atom. The van der Waals surface area contributed by atoms with Crippen LogP contribution in [0.5, 0.6) is 0 Å². The molecule has 0 saturated heterocycles. The highest BCUT2D eigenvalue weighted by atomic mass is 19.1. The van der Waals surface area contributed by atoms with E-state index in [1.54, 1.807) is 20.8 Å². The van der Waals surface area contributed by atoms with Crippen LogP contribution in [0.3, 0.4) is 0 Å². The molecule has 5 heteroatoms. The molecule has 0 bridgehead atoms. The molecule has 0 aromatic heterocycles. The first-order chi connectivity index (χ1) is 7.32. The highest BCUT2D eigenvalue weighted by Gasteiger charge is 2.61. The van der Waals surface area contributed by atoms with E-state index in [4.69, 9.17) is 5.11 Å². The van der Waals surface area contributed by atoms with Crippen molar-refractivity contribution in [1.29, 1.82) is 0 Å². The summed E-state index contributed by atoms with van der Waals surface area (Å²) in [5.74, 6) is -4.09. The highest BCUT2D eigenvalue weighted by Crippen LogP contribution is 2.59. The van der Waals surface area contributed by atoms with Gasteiger partial charge >= 0.3 is 11.9 Å². The second kappa shape index (κ2) is 4.23. The third-order valence-electron chi connectivity index (χ3n) is 2.97. The first-order valence-corrected chi connectivity index (χ1v) is 5.09. The SMILES string of the molecule is CCOC(=O)/C(F)=C/C1[C@@H](C(=O)O)C1(C)C. The van der Waals surface area contributed by atoms with Gasteiger partial charge in [0.25, 0.3) is 0 Å². The van der Waals surface area contributed by atoms with Crippen LogP contribution in [0.25, 0.3) is 0 Å². The van der Waals surface area contributed by atoms with Crippen LogP contribution in [-0.2, 0) is 14.3 Å². The van der Waals surface area contributed by atoms with Crippen molar-refractivity contribution >= 4 is 11.9 Å². The summed E-state index contributed by atoms with van der Waals surface area (Å²) in [6.45, 7) is 5.12. The van der Waals surface area contributed by atoms with Crippen molar-refractivity contribution in [3.8, 4) is 0 Å². The molecule has 0 aromatic rings. The Labute approximate surface area is 93.1 Å². The molecule has 0 spiro atoms. The van der Waals surface area contributed by atoms with Crippen molar-refractivity contribution in [2.45, 2.75) is 20.8 Å². The van der Waals surface area contributed by atoms with Crippen LogP contribution in [0.4, 0.5) is 4.39 Å². The molecule has 1 unspecified atom stereocenters. The normalized spacial score (nSPS) is 27.4. The number of hydrogen-bond acceptors (Lipinski definition) is 3. The van der Waals surface area contributed by atoms with Gasteiger partial charge in [-0.3, -0.25) is 4.79 Å². The van der Waals surface area contributed by atoms with Gasteiger partial charge in [-0.25, -0.2) is 4.79 Å². The molecule has 1 rings (SSSR count). The maximum absolute atomic E-state index is 13.2. The Bertz CT molecular complexity index is 346. The molecule has 16 heavy (non-hydrogen) atoms. The molecule has 0 heterocycles. The number of allylic oxidation sites excluding steroid dienone is 1. The number of aliphatic carboxylic acids is 1. The van der Waals surface area contributed by atoms with Gasteiger partial charge in [-0.1, -0.05) is 13.8 Å². The molecule has 1 N–H and O–H groups in total. The fourth-order valence-electron chi connectivity index (χ4n) is 1.89. The summed E-state index contributed by atoms with van der Waals surface area (Å²) in [7, 11) is 0. The van der Waals surface area contributed by atoms with Gasteiger partial charge in [-0.05, 0) is 24.3 Å². The van der Waals surface area contributed by atoms with Crippen molar-refractivity contribution < 1.29 is 23.8 Å². The van der Waals surface area contributed by atoms with E-state index in [2.05, 4.69) is 4.74 Å². The first-order valence-electron chi connectivity index (χ1n) is 5.09. The molecule has 1 aliphatic carbocycles. The molecule has 90 valence electrons. The Morgan fingerprint density at radius 2 is 2.06 bits per heavy atom. The van der Waals surface area contributed by atoms with Crippen molar-refractivity contribution in [2.75, 3.05) is 6.61 Å². The fraction of sp³-hybridized carbons (Fsp3) is 0.636. The number of carboxylic acid groups (broad SMARTS) is 1. The van der Waals surface area contributed by atoms with Crippen LogP contribution in [0.15, 0.2) is 11.9 Å². The molecule has 1 fully saturated rings. The molecular weight excluding hydrogens is 215 g/mol. The lowest BCUT2D eigenvalue weighted by molar-refractivity contribution is -0.141. The summed E-state index contributed by atoms with van der Waals surface area (Å²) in [6.07, 6.45) is 1.05. The zero-order valence-corrected chi connectivity index (χ0v) is 9.49. The maximum atomic E-state index is 13.2. The van der Waals surface area contributed by atoms with Crippen LogP contribution in [0.2, 0.25) is 0 Å². The predicted octanol–water partition coefficient (Wildman–Crippen LogP) is 1.76. The zero-order chi connectivity index (χ0) is 12.5. The molecular formula is C11H15FO4. The topological polar surface area (TPSA) is 63.6 Å². The summed E-state index contributed by atoms with van der Waals surface area (Å²) in [5.41, 5.74) is -0.504. The van der Waals surface area contributed by atoms with E-state index in [9.17, 15) is 14.0 Å². The number of halogens is 1. The predicted molar refractivity (Wildman–Crippen MR) is 54.2 cm³/mol. The van der Waals surface area contributed by atoms with Crippen LogP contribution in [-0.4, -0.2) is 23.7 Å². The summed E-state index contributed by atoms with van der Waals surface area (Å²) in [6, 6.07) is 0. The van der Waals surface area contributed by atoms with Gasteiger partial charge in [0.1, 0.15) is 0 Å². The van der Waals surface area contributed by atoms with E-state index in [0.29, 0.717) is 0 Å². The summed E-state index contributed by atoms with van der Waals surface area (Å²) >= 11 is 0. The molecule has 4 nitrogen and oxygen atoms in total. The lowest BCUT2D eigenvalue weighted by Crippen LogP contribution is -2.05. The van der Waals surface area contributed by atoms with E-state index in [1.807, 2.05) is 0 Å². The average molecular weight is 230 g/mol. The summed E-state index contributed by atoms with van der Waals surface area (Å²) < 4.78 is 17.7. The molecule has 0 aromatic carbocycles. The van der Waals surface area contributed by atoms with E-state index in [0.717, 1.165) is 6.08 Å². The van der Waals surface area contributed by atoms with Gasteiger partial charge < -0.3 is 9.84 Å². The monoisotopic (exact) mass is 230 g/mol. The standard InChI is InChI=1S/C11H15FO4/c1-4-16-10(15)7(12)5-6-8(9(13)14)11(6,2)3/h5-6,8H,4H2,1-3H3,(H,13,14)/b7-5-/t6?,8-/m0/s1. The molecule has 1 aliphatic rings. The molecule has 0 amide bonds. The molecule has 0 radical (unpaired) electrons. The highest BCUT2D eigenvalue weighted by molar-refractivity contribution is 5.86. The van der Waals surface area contributed by atoms with Crippen LogP contribution < -0.4 is 0 Å². The maximum Gasteiger partial charge on any atom is 0.366 e. The van der Waals surface area contributed by atoms with Crippen molar-refractivity contribution in [1.82, 2.24) is 0 Å². The number of carbonyl (C=O) groups excluding carboxylic acids is 1. The lowest BCUT2D eigenvalue weighted by atomic mass is 10.1. The number of hydrogen-bond donors (Lipinski definition) is 1. The van der Waals surface area contributed by atoms with E-state index >= 15 is 0 Å². The van der Waals surface area contributed by atoms with Crippen molar-refractivity contribution in [3.05, 3.63) is 11.9 Å². The summed E-state index contributed by atoms with van der Waals surface area (Å²) in [4.78, 5) is 21.8. The quantitative estimate of drug-likeness (QED) is 0.590. The molecule has 2 atom stereocenters. The minimum absolute atomic E-state index is 0.0938. The Balaban J connectivity index is 2.72. The minimum Gasteiger partial charge on any atom is -0.481 e. The number of carboxylic acids is 1. The van der Waals surface area contributed by atoms with Gasteiger partial charge in [-0.2, -0.15) is 4.39 Å². The van der Waals surface area contributed by atoms with E-state index in [1.165, 1.54) is 0 Å². The van der Waals surface area contributed by atoms with Crippen LogP contribution >= 0.6 is 0 Å². The largest absolute Gasteiger partial charge is 0.481 e. The number of esters is 1. The first kappa shape index (κ1) is 12.7. The number of carbonyl (C=O) groups is 2. The number of rotatable bonds is 4. The smallest absolute Gasteiger partial charge is 0.366 e. The Hall–Kier alpha value is -1.39. The van der Waals surface area contributed by atoms with Gasteiger partial charge in [0.15, 0.2) is 0 Å².